The molecule has 1 aliphatic heterocycles. The second-order valence-electron chi connectivity index (χ2n) is 7.69. The van der Waals surface area contributed by atoms with E-state index < -0.39 is 38.7 Å². The van der Waals surface area contributed by atoms with Crippen LogP contribution in [-0.4, -0.2) is 62.3 Å². The Balaban J connectivity index is 2.19. The molecular weight excluding hydrogens is 374 g/mol. The first-order valence-electron chi connectivity index (χ1n) is 8.27. The summed E-state index contributed by atoms with van der Waals surface area (Å²) in [6.07, 6.45) is -0.0830. The number of ether oxygens (including phenoxy) is 1. The molecule has 0 aromatic carbocycles. The van der Waals surface area contributed by atoms with E-state index in [-0.39, 0.29) is 5.15 Å². The van der Waals surface area contributed by atoms with Gasteiger partial charge in [-0.1, -0.05) is 37.2 Å². The number of aliphatic hydroxyl groups excluding tert-OH is 2. The summed E-state index contributed by atoms with van der Waals surface area (Å²) in [4.78, 5) is 8.30. The molecule has 0 spiro atoms. The summed E-state index contributed by atoms with van der Waals surface area (Å²) >= 11 is 6.27. The molecule has 0 amide bonds. The Labute approximate surface area is 157 Å². The number of nitrogens with zero attached hydrogens (tertiary/aromatic N) is 3. The molecular formula is C17H22ClN3O4Si. The van der Waals surface area contributed by atoms with Gasteiger partial charge in [0.2, 0.25) is 0 Å². The fourth-order valence-corrected chi connectivity index (χ4v) is 3.71. The molecule has 0 aliphatic carbocycles. The summed E-state index contributed by atoms with van der Waals surface area (Å²) in [5.74, 6) is 3.15. The van der Waals surface area contributed by atoms with E-state index in [4.69, 9.17) is 16.3 Å². The number of hydrogen-bond donors (Lipinski definition) is 3. The molecule has 2 aromatic heterocycles. The molecule has 4 atom stereocenters. The number of aromatic nitrogens is 3. The first-order chi connectivity index (χ1) is 12.1. The van der Waals surface area contributed by atoms with E-state index in [0.29, 0.717) is 16.6 Å². The Kier molecular flexibility index (Phi) is 4.90. The van der Waals surface area contributed by atoms with Gasteiger partial charge in [-0.15, -0.1) is 5.54 Å². The molecule has 1 saturated heterocycles. The lowest BCUT2D eigenvalue weighted by molar-refractivity contribution is -0.0948. The number of rotatable bonds is 2. The lowest BCUT2D eigenvalue weighted by atomic mass is 9.96. The molecule has 0 bridgehead atoms. The van der Waals surface area contributed by atoms with E-state index in [9.17, 15) is 15.3 Å². The van der Waals surface area contributed by atoms with Gasteiger partial charge in [0.15, 0.2) is 6.23 Å². The van der Waals surface area contributed by atoms with Crippen molar-refractivity contribution in [1.29, 1.82) is 0 Å². The predicted octanol–water partition coefficient (Wildman–Crippen LogP) is 1.32. The third kappa shape index (κ3) is 3.27. The van der Waals surface area contributed by atoms with Gasteiger partial charge >= 0.3 is 0 Å². The van der Waals surface area contributed by atoms with Gasteiger partial charge in [-0.25, -0.2) is 9.97 Å². The lowest BCUT2D eigenvalue weighted by Crippen LogP contribution is -2.44. The first-order valence-corrected chi connectivity index (χ1v) is 12.1. The SMILES string of the molecule is C[C@]1(O)C(n2cc(C#C[Si](C)(C)C)c3c(Cl)ncnc32)O[C@H](CO)[C@H]1O. The summed E-state index contributed by atoms with van der Waals surface area (Å²) < 4.78 is 7.29. The second-order valence-corrected chi connectivity index (χ2v) is 12.8. The summed E-state index contributed by atoms with van der Waals surface area (Å²) in [7, 11) is -1.63. The van der Waals surface area contributed by atoms with Crippen LogP contribution in [0.3, 0.4) is 0 Å². The zero-order valence-corrected chi connectivity index (χ0v) is 16.8. The third-order valence-corrected chi connectivity index (χ3v) is 5.48. The fourth-order valence-electron chi connectivity index (χ4n) is 2.97. The molecule has 0 radical (unpaired) electrons. The minimum atomic E-state index is -1.63. The van der Waals surface area contributed by atoms with Crippen molar-refractivity contribution in [2.45, 2.75) is 50.6 Å². The summed E-state index contributed by atoms with van der Waals surface area (Å²) in [5, 5.41) is 31.3. The Morgan fingerprint density at radius 2 is 2.08 bits per heavy atom. The smallest absolute Gasteiger partial charge is 0.167 e. The summed E-state index contributed by atoms with van der Waals surface area (Å²) in [5.41, 5.74) is 2.73. The number of halogens is 1. The van der Waals surface area contributed by atoms with Crippen molar-refractivity contribution in [1.82, 2.24) is 14.5 Å². The number of hydrogen-bond acceptors (Lipinski definition) is 6. The molecule has 140 valence electrons. The van der Waals surface area contributed by atoms with Crippen LogP contribution < -0.4 is 0 Å². The van der Waals surface area contributed by atoms with Crippen molar-refractivity contribution in [3.8, 4) is 11.5 Å². The van der Waals surface area contributed by atoms with Crippen molar-refractivity contribution in [3.63, 3.8) is 0 Å². The molecule has 1 unspecified atom stereocenters. The minimum absolute atomic E-state index is 0.255. The van der Waals surface area contributed by atoms with Gasteiger partial charge in [-0.3, -0.25) is 0 Å². The molecule has 1 fully saturated rings. The Hall–Kier alpha value is -1.47. The Morgan fingerprint density at radius 3 is 2.65 bits per heavy atom. The van der Waals surface area contributed by atoms with Gasteiger partial charge in [-0.2, -0.15) is 0 Å². The minimum Gasteiger partial charge on any atom is -0.394 e. The highest BCUT2D eigenvalue weighted by Crippen LogP contribution is 2.40. The van der Waals surface area contributed by atoms with Gasteiger partial charge in [0, 0.05) is 6.20 Å². The molecule has 3 N–H and O–H groups in total. The maximum absolute atomic E-state index is 10.8. The molecule has 0 saturated carbocycles. The van der Waals surface area contributed by atoms with Crippen LogP contribution >= 0.6 is 11.6 Å². The fraction of sp³-hybridized carbons (Fsp3) is 0.529. The van der Waals surface area contributed by atoms with Gasteiger partial charge in [0.1, 0.15) is 43.0 Å². The van der Waals surface area contributed by atoms with Crippen LogP contribution in [0.15, 0.2) is 12.5 Å². The maximum atomic E-state index is 10.8. The van der Waals surface area contributed by atoms with Crippen LogP contribution in [-0.2, 0) is 4.74 Å². The van der Waals surface area contributed by atoms with Crippen molar-refractivity contribution in [2.24, 2.45) is 0 Å². The topological polar surface area (TPSA) is 101 Å². The highest BCUT2D eigenvalue weighted by Gasteiger charge is 2.53. The number of fused-ring (bicyclic) bond motifs is 1. The van der Waals surface area contributed by atoms with Gasteiger partial charge in [0.25, 0.3) is 0 Å². The summed E-state index contributed by atoms with van der Waals surface area (Å²) in [6.45, 7) is 7.43. The third-order valence-electron chi connectivity index (χ3n) is 4.32. The highest BCUT2D eigenvalue weighted by atomic mass is 35.5. The van der Waals surface area contributed by atoms with Gasteiger partial charge < -0.3 is 24.6 Å². The maximum Gasteiger partial charge on any atom is 0.167 e. The second kappa shape index (κ2) is 6.60. The van der Waals surface area contributed by atoms with E-state index in [1.165, 1.54) is 13.3 Å². The van der Waals surface area contributed by atoms with Crippen molar-refractivity contribution in [3.05, 3.63) is 23.2 Å². The van der Waals surface area contributed by atoms with Crippen LogP contribution in [0.5, 0.6) is 0 Å². The first kappa shape index (κ1) is 19.3. The van der Waals surface area contributed by atoms with Crippen LogP contribution in [0, 0.1) is 11.5 Å². The van der Waals surface area contributed by atoms with E-state index in [1.807, 2.05) is 0 Å². The van der Waals surface area contributed by atoms with Crippen LogP contribution in [0.2, 0.25) is 24.8 Å². The van der Waals surface area contributed by atoms with Crippen molar-refractivity contribution < 1.29 is 20.1 Å². The average molecular weight is 396 g/mol. The average Bonchev–Trinajstić information content (AvgIpc) is 3.02. The molecule has 2 aromatic rings. The monoisotopic (exact) mass is 395 g/mol. The zero-order valence-electron chi connectivity index (χ0n) is 15.1. The van der Waals surface area contributed by atoms with Crippen LogP contribution in [0.25, 0.3) is 11.0 Å². The van der Waals surface area contributed by atoms with Crippen LogP contribution in [0.4, 0.5) is 0 Å². The Morgan fingerprint density at radius 1 is 1.38 bits per heavy atom. The van der Waals surface area contributed by atoms with E-state index in [2.05, 4.69) is 41.1 Å². The quantitative estimate of drug-likeness (QED) is 0.403. The van der Waals surface area contributed by atoms with E-state index in [1.54, 1.807) is 10.8 Å². The predicted molar refractivity (Wildman–Crippen MR) is 100 cm³/mol. The van der Waals surface area contributed by atoms with Gasteiger partial charge in [-0.05, 0) is 6.92 Å². The standard InChI is InChI=1S/C17H22ClN3O4Si/c1-17(24)13(23)11(8-22)25-16(17)21-7-10(5-6-26(2,3)4)12-14(18)19-9-20-15(12)21/h7,9,11,13,16,22-24H,8H2,1-4H3/t11-,13-,16?,17-/m1/s1. The molecule has 1 aliphatic rings. The molecule has 26 heavy (non-hydrogen) atoms. The molecule has 7 nitrogen and oxygen atoms in total. The van der Waals surface area contributed by atoms with Crippen LogP contribution in [0.1, 0.15) is 18.7 Å². The van der Waals surface area contributed by atoms with Crippen molar-refractivity contribution in [2.75, 3.05) is 6.61 Å². The summed E-state index contributed by atoms with van der Waals surface area (Å²) in [6, 6.07) is 0. The molecule has 3 heterocycles. The molecule has 3 rings (SSSR count). The van der Waals surface area contributed by atoms with E-state index in [0.717, 1.165) is 0 Å². The molecule has 9 heteroatoms. The normalized spacial score (nSPS) is 29.0. The highest BCUT2D eigenvalue weighted by molar-refractivity contribution is 6.83. The zero-order chi connectivity index (χ0) is 19.3. The Bertz CT molecular complexity index is 897. The van der Waals surface area contributed by atoms with Crippen molar-refractivity contribution >= 4 is 30.7 Å². The number of aliphatic hydroxyl groups is 3. The van der Waals surface area contributed by atoms with E-state index >= 15 is 0 Å². The lowest BCUT2D eigenvalue weighted by Gasteiger charge is -2.27. The van der Waals surface area contributed by atoms with Gasteiger partial charge in [0.05, 0.1) is 17.6 Å². The largest absolute Gasteiger partial charge is 0.394 e.